The van der Waals surface area contributed by atoms with Gasteiger partial charge in [0.15, 0.2) is 0 Å². The molecule has 0 aromatic heterocycles. The molecule has 4 nitrogen and oxygen atoms in total. The Kier molecular flexibility index (Phi) is 4.35. The zero-order chi connectivity index (χ0) is 11.4. The van der Waals surface area contributed by atoms with Crippen LogP contribution in [-0.2, 0) is 0 Å². The maximum Gasteiger partial charge on any atom is 0.137 e. The SMILES string of the molecule is COc1ccc(C(O)C(O)CN)cc1Cl. The summed E-state index contributed by atoms with van der Waals surface area (Å²) in [6, 6.07) is 4.81. The van der Waals surface area contributed by atoms with Crippen LogP contribution in [0, 0.1) is 0 Å². The van der Waals surface area contributed by atoms with Gasteiger partial charge in [0.2, 0.25) is 0 Å². The lowest BCUT2D eigenvalue weighted by Gasteiger charge is -2.17. The van der Waals surface area contributed by atoms with Crippen molar-refractivity contribution in [2.45, 2.75) is 12.2 Å². The lowest BCUT2D eigenvalue weighted by Crippen LogP contribution is -2.27. The Bertz CT molecular complexity index is 332. The number of aliphatic hydroxyl groups is 2. The maximum absolute atomic E-state index is 9.65. The first-order valence-electron chi connectivity index (χ1n) is 4.49. The minimum Gasteiger partial charge on any atom is -0.495 e. The molecule has 1 rings (SSSR count). The zero-order valence-corrected chi connectivity index (χ0v) is 9.11. The lowest BCUT2D eigenvalue weighted by atomic mass is 10.0. The second-order valence-electron chi connectivity index (χ2n) is 3.14. The van der Waals surface area contributed by atoms with Crippen LogP contribution in [0.15, 0.2) is 18.2 Å². The quantitative estimate of drug-likeness (QED) is 0.713. The van der Waals surface area contributed by atoms with Crippen molar-refractivity contribution in [2.24, 2.45) is 5.73 Å². The molecule has 0 radical (unpaired) electrons. The topological polar surface area (TPSA) is 75.7 Å². The van der Waals surface area contributed by atoms with Gasteiger partial charge in [0, 0.05) is 6.54 Å². The molecule has 0 aliphatic heterocycles. The first-order chi connectivity index (χ1) is 7.10. The second kappa shape index (κ2) is 5.32. The van der Waals surface area contributed by atoms with Crippen molar-refractivity contribution in [3.05, 3.63) is 28.8 Å². The molecular weight excluding hydrogens is 218 g/mol. The van der Waals surface area contributed by atoms with Crippen LogP contribution in [0.5, 0.6) is 5.75 Å². The van der Waals surface area contributed by atoms with Gasteiger partial charge in [-0.05, 0) is 17.7 Å². The van der Waals surface area contributed by atoms with Crippen LogP contribution in [-0.4, -0.2) is 30.0 Å². The predicted molar refractivity (Wildman–Crippen MR) is 58.0 cm³/mol. The smallest absolute Gasteiger partial charge is 0.137 e. The van der Waals surface area contributed by atoms with Gasteiger partial charge in [-0.1, -0.05) is 17.7 Å². The van der Waals surface area contributed by atoms with E-state index in [0.717, 1.165) is 0 Å². The molecule has 0 spiro atoms. The Labute approximate surface area is 93.2 Å². The molecule has 0 fully saturated rings. The molecule has 2 atom stereocenters. The Morgan fingerprint density at radius 1 is 1.47 bits per heavy atom. The molecule has 0 saturated heterocycles. The molecule has 4 N–H and O–H groups in total. The monoisotopic (exact) mass is 231 g/mol. The fraction of sp³-hybridized carbons (Fsp3) is 0.400. The molecule has 84 valence electrons. The third kappa shape index (κ3) is 2.82. The fourth-order valence-electron chi connectivity index (χ4n) is 1.22. The van der Waals surface area contributed by atoms with E-state index in [2.05, 4.69) is 0 Å². The first kappa shape index (κ1) is 12.3. The third-order valence-corrected chi connectivity index (χ3v) is 2.42. The molecule has 0 heterocycles. The van der Waals surface area contributed by atoms with E-state index in [-0.39, 0.29) is 6.54 Å². The molecular formula is C10H14ClNO3. The minimum absolute atomic E-state index is 0.00911. The normalized spacial score (nSPS) is 14.7. The summed E-state index contributed by atoms with van der Waals surface area (Å²) in [6.07, 6.45) is -2.02. The van der Waals surface area contributed by atoms with E-state index in [1.54, 1.807) is 18.2 Å². The van der Waals surface area contributed by atoms with Gasteiger partial charge in [-0.15, -0.1) is 0 Å². The van der Waals surface area contributed by atoms with Crippen molar-refractivity contribution < 1.29 is 14.9 Å². The van der Waals surface area contributed by atoms with Crippen LogP contribution in [0.25, 0.3) is 0 Å². The number of aliphatic hydroxyl groups excluding tert-OH is 2. The van der Waals surface area contributed by atoms with Crippen LogP contribution in [0.3, 0.4) is 0 Å². The molecule has 2 unspecified atom stereocenters. The second-order valence-corrected chi connectivity index (χ2v) is 3.55. The summed E-state index contributed by atoms with van der Waals surface area (Å²) < 4.78 is 4.97. The van der Waals surface area contributed by atoms with E-state index in [1.165, 1.54) is 7.11 Å². The number of nitrogens with two attached hydrogens (primary N) is 1. The summed E-state index contributed by atoms with van der Waals surface area (Å²) in [4.78, 5) is 0. The highest BCUT2D eigenvalue weighted by Crippen LogP contribution is 2.28. The Balaban J connectivity index is 2.92. The standard InChI is InChI=1S/C10H14ClNO3/c1-15-9-3-2-6(4-7(9)11)10(14)8(13)5-12/h2-4,8,10,13-14H,5,12H2,1H3. The van der Waals surface area contributed by atoms with E-state index in [4.69, 9.17) is 22.1 Å². The van der Waals surface area contributed by atoms with Gasteiger partial charge in [-0.2, -0.15) is 0 Å². The Morgan fingerprint density at radius 3 is 2.60 bits per heavy atom. The number of hydrogen-bond acceptors (Lipinski definition) is 4. The average molecular weight is 232 g/mol. The largest absolute Gasteiger partial charge is 0.495 e. The fourth-order valence-corrected chi connectivity index (χ4v) is 1.48. The number of benzene rings is 1. The van der Waals surface area contributed by atoms with Crippen LogP contribution < -0.4 is 10.5 Å². The van der Waals surface area contributed by atoms with Gasteiger partial charge in [0.1, 0.15) is 11.9 Å². The van der Waals surface area contributed by atoms with Gasteiger partial charge in [0.25, 0.3) is 0 Å². The van der Waals surface area contributed by atoms with E-state index in [0.29, 0.717) is 16.3 Å². The van der Waals surface area contributed by atoms with Crippen molar-refractivity contribution in [1.82, 2.24) is 0 Å². The van der Waals surface area contributed by atoms with E-state index < -0.39 is 12.2 Å². The molecule has 0 amide bonds. The molecule has 0 bridgehead atoms. The Hall–Kier alpha value is -0.810. The molecule has 5 heteroatoms. The zero-order valence-electron chi connectivity index (χ0n) is 8.35. The van der Waals surface area contributed by atoms with E-state index in [1.807, 2.05) is 0 Å². The van der Waals surface area contributed by atoms with Crippen molar-refractivity contribution in [2.75, 3.05) is 13.7 Å². The summed E-state index contributed by atoms with van der Waals surface area (Å²) in [5.41, 5.74) is 5.75. The number of ether oxygens (including phenoxy) is 1. The van der Waals surface area contributed by atoms with Crippen molar-refractivity contribution in [3.8, 4) is 5.75 Å². The van der Waals surface area contributed by atoms with Gasteiger partial charge in [-0.25, -0.2) is 0 Å². The number of rotatable bonds is 4. The lowest BCUT2D eigenvalue weighted by molar-refractivity contribution is 0.0243. The molecule has 0 aliphatic rings. The maximum atomic E-state index is 9.65. The Morgan fingerprint density at radius 2 is 2.13 bits per heavy atom. The van der Waals surface area contributed by atoms with Crippen molar-refractivity contribution >= 4 is 11.6 Å². The molecule has 1 aromatic carbocycles. The highest BCUT2D eigenvalue weighted by Gasteiger charge is 2.17. The van der Waals surface area contributed by atoms with Crippen LogP contribution in [0.2, 0.25) is 5.02 Å². The highest BCUT2D eigenvalue weighted by molar-refractivity contribution is 6.32. The minimum atomic E-state index is -1.03. The summed E-state index contributed by atoms with van der Waals surface area (Å²) in [6.45, 7) is -0.00911. The molecule has 15 heavy (non-hydrogen) atoms. The average Bonchev–Trinajstić information content (AvgIpc) is 2.26. The van der Waals surface area contributed by atoms with Crippen LogP contribution in [0.4, 0.5) is 0 Å². The summed E-state index contributed by atoms with van der Waals surface area (Å²) in [7, 11) is 1.51. The summed E-state index contributed by atoms with van der Waals surface area (Å²) in [5, 5.41) is 19.4. The van der Waals surface area contributed by atoms with E-state index in [9.17, 15) is 10.2 Å². The van der Waals surface area contributed by atoms with E-state index >= 15 is 0 Å². The molecule has 0 aliphatic carbocycles. The number of halogens is 1. The first-order valence-corrected chi connectivity index (χ1v) is 4.87. The van der Waals surface area contributed by atoms with Gasteiger partial charge >= 0.3 is 0 Å². The summed E-state index contributed by atoms with van der Waals surface area (Å²) in [5.74, 6) is 0.523. The van der Waals surface area contributed by atoms with Gasteiger partial charge in [0.05, 0.1) is 18.2 Å². The summed E-state index contributed by atoms with van der Waals surface area (Å²) >= 11 is 5.87. The molecule has 1 aromatic rings. The van der Waals surface area contributed by atoms with Crippen molar-refractivity contribution in [3.63, 3.8) is 0 Å². The number of methoxy groups -OCH3 is 1. The molecule has 0 saturated carbocycles. The van der Waals surface area contributed by atoms with Gasteiger partial charge < -0.3 is 20.7 Å². The highest BCUT2D eigenvalue weighted by atomic mass is 35.5. The van der Waals surface area contributed by atoms with Gasteiger partial charge in [-0.3, -0.25) is 0 Å². The van der Waals surface area contributed by atoms with Crippen LogP contribution >= 0.6 is 11.6 Å². The third-order valence-electron chi connectivity index (χ3n) is 2.12. The van der Waals surface area contributed by atoms with Crippen LogP contribution in [0.1, 0.15) is 11.7 Å². The predicted octanol–water partition coefficient (Wildman–Crippen LogP) is 0.702. The van der Waals surface area contributed by atoms with Crippen molar-refractivity contribution in [1.29, 1.82) is 0 Å². The number of hydrogen-bond donors (Lipinski definition) is 3.